The third-order valence-electron chi connectivity index (χ3n) is 5.75. The first-order valence-corrected chi connectivity index (χ1v) is 10.5. The summed E-state index contributed by atoms with van der Waals surface area (Å²) in [4.78, 5) is 0. The van der Waals surface area contributed by atoms with Crippen molar-refractivity contribution in [2.45, 2.75) is 50.6 Å². The fourth-order valence-corrected chi connectivity index (χ4v) is 4.96. The van der Waals surface area contributed by atoms with Crippen LogP contribution in [-0.4, -0.2) is 23.8 Å². The van der Waals surface area contributed by atoms with Gasteiger partial charge in [0.1, 0.15) is 17.0 Å². The molecule has 1 saturated heterocycles. The lowest BCUT2D eigenvalue weighted by Gasteiger charge is -2.37. The highest BCUT2D eigenvalue weighted by atomic mass is 35.5. The normalized spacial score (nSPS) is 26.6. The van der Waals surface area contributed by atoms with Crippen molar-refractivity contribution in [3.63, 3.8) is 0 Å². The third kappa shape index (κ3) is 3.94. The van der Waals surface area contributed by atoms with Gasteiger partial charge in [-0.3, -0.25) is 0 Å². The summed E-state index contributed by atoms with van der Waals surface area (Å²) in [5.74, 6) is -2.18. The molecule has 0 amide bonds. The maximum absolute atomic E-state index is 15.2. The smallest absolute Gasteiger partial charge is 0.145 e. The van der Waals surface area contributed by atoms with Crippen molar-refractivity contribution < 1.29 is 13.9 Å². The van der Waals surface area contributed by atoms with Crippen LogP contribution in [0.1, 0.15) is 44.2 Å². The molecule has 1 aliphatic rings. The molecule has 3 nitrogen and oxygen atoms in total. The van der Waals surface area contributed by atoms with Crippen LogP contribution in [0.3, 0.4) is 0 Å². The van der Waals surface area contributed by atoms with Gasteiger partial charge in [-0.25, -0.2) is 8.78 Å². The molecule has 0 spiro atoms. The molecule has 0 aromatic heterocycles. The molecule has 1 aliphatic heterocycles. The second kappa shape index (κ2) is 8.43. The van der Waals surface area contributed by atoms with E-state index >= 15 is 8.78 Å². The molecule has 1 heterocycles. The molecule has 4 unspecified atom stereocenters. The average Bonchev–Trinajstić information content (AvgIpc) is 2.96. The third-order valence-corrected chi connectivity index (χ3v) is 6.28. The molecule has 3 rings (SSSR count). The van der Waals surface area contributed by atoms with E-state index in [0.29, 0.717) is 6.42 Å². The van der Waals surface area contributed by atoms with Crippen molar-refractivity contribution in [2.24, 2.45) is 5.41 Å². The molecular formula is C23H24Cl2F2N2O. The average molecular weight is 453 g/mol. The van der Waals surface area contributed by atoms with Crippen molar-refractivity contribution in [2.75, 3.05) is 6.61 Å². The number of nitrogens with one attached hydrogen (secondary N) is 1. The van der Waals surface area contributed by atoms with Gasteiger partial charge in [0, 0.05) is 28.6 Å². The Morgan fingerprint density at radius 2 is 1.90 bits per heavy atom. The van der Waals surface area contributed by atoms with Gasteiger partial charge in [-0.2, -0.15) is 5.26 Å². The van der Waals surface area contributed by atoms with Gasteiger partial charge < -0.3 is 10.4 Å². The van der Waals surface area contributed by atoms with Crippen LogP contribution in [0.4, 0.5) is 8.78 Å². The summed E-state index contributed by atoms with van der Waals surface area (Å²) < 4.78 is 30.3. The highest BCUT2D eigenvalue weighted by molar-refractivity contribution is 6.31. The quantitative estimate of drug-likeness (QED) is 0.635. The Balaban J connectivity index is 2.33. The molecule has 2 aromatic rings. The van der Waals surface area contributed by atoms with Gasteiger partial charge in [-0.05, 0) is 35.6 Å². The first-order valence-electron chi connectivity index (χ1n) is 9.72. The monoisotopic (exact) mass is 452 g/mol. The van der Waals surface area contributed by atoms with Crippen molar-refractivity contribution in [1.29, 1.82) is 5.26 Å². The zero-order valence-electron chi connectivity index (χ0n) is 17.0. The van der Waals surface area contributed by atoms with Crippen molar-refractivity contribution in [1.82, 2.24) is 5.32 Å². The largest absolute Gasteiger partial charge is 0.395 e. The summed E-state index contributed by atoms with van der Waals surface area (Å²) in [5.41, 5.74) is -1.41. The summed E-state index contributed by atoms with van der Waals surface area (Å²) >= 11 is 12.0. The first-order chi connectivity index (χ1) is 14.0. The van der Waals surface area contributed by atoms with E-state index in [1.54, 1.807) is 6.07 Å². The number of aliphatic hydroxyl groups excluding tert-OH is 1. The van der Waals surface area contributed by atoms with E-state index in [4.69, 9.17) is 23.2 Å². The fraction of sp³-hybridized carbons (Fsp3) is 0.435. The molecular weight excluding hydrogens is 429 g/mol. The van der Waals surface area contributed by atoms with Crippen LogP contribution in [0.2, 0.25) is 10.0 Å². The predicted molar refractivity (Wildman–Crippen MR) is 115 cm³/mol. The van der Waals surface area contributed by atoms with Crippen LogP contribution < -0.4 is 5.32 Å². The maximum atomic E-state index is 15.2. The lowest BCUT2D eigenvalue weighted by molar-refractivity contribution is 0.236. The lowest BCUT2D eigenvalue weighted by Crippen LogP contribution is -2.44. The first kappa shape index (κ1) is 23.0. The SMILES string of the molecule is CC(C)(C)CC1NC(CO)C(c2cccc(Cl)c2F)C1(C#N)c1ccc(Cl)cc1F. The highest BCUT2D eigenvalue weighted by Crippen LogP contribution is 2.52. The molecule has 2 aromatic carbocycles. The van der Waals surface area contributed by atoms with Crippen molar-refractivity contribution in [3.05, 3.63) is 69.2 Å². The number of hydrogen-bond acceptors (Lipinski definition) is 3. The van der Waals surface area contributed by atoms with E-state index in [-0.39, 0.29) is 33.2 Å². The summed E-state index contributed by atoms with van der Waals surface area (Å²) in [7, 11) is 0. The second-order valence-electron chi connectivity index (χ2n) is 9.00. The van der Waals surface area contributed by atoms with E-state index < -0.39 is 35.1 Å². The van der Waals surface area contributed by atoms with Gasteiger partial charge in [0.2, 0.25) is 0 Å². The van der Waals surface area contributed by atoms with E-state index in [2.05, 4.69) is 11.4 Å². The Morgan fingerprint density at radius 3 is 2.47 bits per heavy atom. The number of rotatable bonds is 4. The minimum Gasteiger partial charge on any atom is -0.395 e. The van der Waals surface area contributed by atoms with Gasteiger partial charge >= 0.3 is 0 Å². The van der Waals surface area contributed by atoms with Crippen molar-refractivity contribution in [3.8, 4) is 6.07 Å². The van der Waals surface area contributed by atoms with Gasteiger partial charge in [-0.15, -0.1) is 0 Å². The molecule has 30 heavy (non-hydrogen) atoms. The summed E-state index contributed by atoms with van der Waals surface area (Å²) in [6.45, 7) is 5.68. The molecule has 0 radical (unpaired) electrons. The molecule has 160 valence electrons. The van der Waals surface area contributed by atoms with Crippen LogP contribution in [0.25, 0.3) is 0 Å². The Morgan fingerprint density at radius 1 is 1.20 bits per heavy atom. The van der Waals surface area contributed by atoms with Crippen LogP contribution in [0.5, 0.6) is 0 Å². The Bertz CT molecular complexity index is 986. The van der Waals surface area contributed by atoms with E-state index in [9.17, 15) is 10.4 Å². The Hall–Kier alpha value is -1.71. The van der Waals surface area contributed by atoms with Crippen LogP contribution in [-0.2, 0) is 5.41 Å². The van der Waals surface area contributed by atoms with Gasteiger partial charge in [0.05, 0.1) is 17.7 Å². The molecule has 7 heteroatoms. The molecule has 0 aliphatic carbocycles. The zero-order chi connectivity index (χ0) is 22.3. The number of hydrogen-bond donors (Lipinski definition) is 2. The predicted octanol–water partition coefficient (Wildman–Crippen LogP) is 5.59. The molecule has 4 atom stereocenters. The number of nitrogens with zero attached hydrogens (tertiary/aromatic N) is 1. The molecule has 0 saturated carbocycles. The van der Waals surface area contributed by atoms with Crippen LogP contribution in [0, 0.1) is 28.4 Å². The lowest BCUT2D eigenvalue weighted by atomic mass is 9.63. The maximum Gasteiger partial charge on any atom is 0.145 e. The van der Waals surface area contributed by atoms with Crippen molar-refractivity contribution >= 4 is 23.2 Å². The molecule has 1 fully saturated rings. The number of aliphatic hydroxyl groups is 1. The van der Waals surface area contributed by atoms with Crippen LogP contribution >= 0.6 is 23.2 Å². The van der Waals surface area contributed by atoms with Gasteiger partial charge in [0.25, 0.3) is 0 Å². The minimum atomic E-state index is -1.49. The summed E-state index contributed by atoms with van der Waals surface area (Å²) in [6, 6.07) is 9.81. The van der Waals surface area contributed by atoms with Gasteiger partial charge in [0.15, 0.2) is 0 Å². The van der Waals surface area contributed by atoms with E-state index in [1.807, 2.05) is 20.8 Å². The highest BCUT2D eigenvalue weighted by Gasteiger charge is 2.59. The summed E-state index contributed by atoms with van der Waals surface area (Å²) in [5, 5.41) is 24.0. The molecule has 2 N–H and O–H groups in total. The van der Waals surface area contributed by atoms with E-state index in [1.165, 1.54) is 24.3 Å². The Kier molecular flexibility index (Phi) is 6.46. The second-order valence-corrected chi connectivity index (χ2v) is 9.84. The minimum absolute atomic E-state index is 0.0909. The topological polar surface area (TPSA) is 56.0 Å². The molecule has 0 bridgehead atoms. The van der Waals surface area contributed by atoms with E-state index in [0.717, 1.165) is 6.07 Å². The standard InChI is InChI=1S/C23H24Cl2F2N2O/c1-22(2,3)10-19-23(12-28,15-8-7-13(24)9-17(15)26)20(18(11-30)29-19)14-5-4-6-16(25)21(14)27/h4-9,18-20,29-30H,10-11H2,1-3H3. The number of benzene rings is 2. The number of nitriles is 1. The summed E-state index contributed by atoms with van der Waals surface area (Å²) in [6.07, 6.45) is 0.498. The van der Waals surface area contributed by atoms with Gasteiger partial charge in [-0.1, -0.05) is 62.2 Å². The number of halogens is 4. The zero-order valence-corrected chi connectivity index (χ0v) is 18.5. The Labute approximate surface area is 185 Å². The fourth-order valence-electron chi connectivity index (χ4n) is 4.62. The van der Waals surface area contributed by atoms with Crippen LogP contribution in [0.15, 0.2) is 36.4 Å².